The average Bonchev–Trinajstić information content (AvgIpc) is 3.21. The van der Waals surface area contributed by atoms with E-state index in [2.05, 4.69) is 15.1 Å². The predicted molar refractivity (Wildman–Crippen MR) is 125 cm³/mol. The molecule has 0 bridgehead atoms. The molecule has 5 rings (SSSR count). The molecule has 3 saturated heterocycles. The Bertz CT molecular complexity index is 1030. The highest BCUT2D eigenvalue weighted by atomic mass is 35.5. The van der Waals surface area contributed by atoms with Gasteiger partial charge in [-0.05, 0) is 36.2 Å². The summed E-state index contributed by atoms with van der Waals surface area (Å²) in [7, 11) is 1.76. The number of hydrogen-bond acceptors (Lipinski definition) is 5. The molecule has 3 aliphatic heterocycles. The molecular formula is C24H26ClN5O2. The van der Waals surface area contributed by atoms with E-state index in [0.717, 1.165) is 30.8 Å². The first-order valence-electron chi connectivity index (χ1n) is 10.9. The van der Waals surface area contributed by atoms with Gasteiger partial charge in [-0.3, -0.25) is 19.9 Å². The first kappa shape index (κ1) is 21.0. The molecule has 2 aromatic carbocycles. The van der Waals surface area contributed by atoms with Crippen LogP contribution in [0.2, 0.25) is 5.02 Å². The quantitative estimate of drug-likeness (QED) is 0.774. The van der Waals surface area contributed by atoms with Crippen molar-refractivity contribution in [1.82, 2.24) is 20.0 Å². The van der Waals surface area contributed by atoms with E-state index < -0.39 is 6.04 Å². The summed E-state index contributed by atoms with van der Waals surface area (Å²) in [6.45, 7) is 1.91. The molecule has 0 saturated carbocycles. The SMILES string of the molecule is CN1C(=O)N(C/C=C/c2ccccc2)C(=O)C2C1NC1N(c3ccc(Cl)cc3)CCCN21. The van der Waals surface area contributed by atoms with Gasteiger partial charge in [-0.25, -0.2) is 4.79 Å². The number of halogens is 1. The van der Waals surface area contributed by atoms with E-state index in [1.165, 1.54) is 4.90 Å². The smallest absolute Gasteiger partial charge is 0.328 e. The largest absolute Gasteiger partial charge is 0.343 e. The lowest BCUT2D eigenvalue weighted by Crippen LogP contribution is -2.66. The van der Waals surface area contributed by atoms with Gasteiger partial charge in [0, 0.05) is 37.4 Å². The fourth-order valence-electron chi connectivity index (χ4n) is 4.84. The first-order chi connectivity index (χ1) is 15.5. The number of carbonyl (C=O) groups excluding carboxylic acids is 2. The second kappa shape index (κ2) is 8.58. The van der Waals surface area contributed by atoms with Crippen molar-refractivity contribution in [3.8, 4) is 0 Å². The van der Waals surface area contributed by atoms with Crippen LogP contribution in [-0.2, 0) is 4.79 Å². The average molecular weight is 452 g/mol. The summed E-state index contributed by atoms with van der Waals surface area (Å²) in [5.74, 6) is -0.149. The number of nitrogens with zero attached hydrogens (tertiary/aromatic N) is 4. The second-order valence-corrected chi connectivity index (χ2v) is 8.78. The second-order valence-electron chi connectivity index (χ2n) is 8.35. The number of likely N-dealkylation sites (N-methyl/N-ethyl adjacent to an activating group) is 1. The van der Waals surface area contributed by atoms with Crippen LogP contribution >= 0.6 is 11.6 Å². The van der Waals surface area contributed by atoms with Crippen molar-refractivity contribution in [3.05, 3.63) is 71.3 Å². The van der Waals surface area contributed by atoms with Gasteiger partial charge in [0.15, 0.2) is 0 Å². The molecule has 7 nitrogen and oxygen atoms in total. The number of hydrogen-bond donors (Lipinski definition) is 1. The number of imide groups is 1. The fourth-order valence-corrected chi connectivity index (χ4v) is 4.97. The molecule has 3 atom stereocenters. The number of benzene rings is 2. The van der Waals surface area contributed by atoms with Crippen LogP contribution < -0.4 is 10.2 Å². The summed E-state index contributed by atoms with van der Waals surface area (Å²) in [4.78, 5) is 33.9. The van der Waals surface area contributed by atoms with E-state index in [1.807, 2.05) is 66.7 Å². The van der Waals surface area contributed by atoms with Gasteiger partial charge in [-0.1, -0.05) is 54.1 Å². The Morgan fingerprint density at radius 2 is 1.81 bits per heavy atom. The van der Waals surface area contributed by atoms with Crippen molar-refractivity contribution in [2.24, 2.45) is 0 Å². The summed E-state index contributed by atoms with van der Waals surface area (Å²) in [6, 6.07) is 16.9. The van der Waals surface area contributed by atoms with Crippen LogP contribution in [0.3, 0.4) is 0 Å². The normalized spacial score (nSPS) is 26.1. The Balaban J connectivity index is 1.37. The predicted octanol–water partition coefficient (Wildman–Crippen LogP) is 3.04. The van der Waals surface area contributed by atoms with Crippen molar-refractivity contribution in [2.45, 2.75) is 24.9 Å². The first-order valence-corrected chi connectivity index (χ1v) is 11.3. The Morgan fingerprint density at radius 3 is 2.56 bits per heavy atom. The molecule has 3 aliphatic rings. The third kappa shape index (κ3) is 3.66. The molecule has 0 spiro atoms. The van der Waals surface area contributed by atoms with Crippen LogP contribution in [0.25, 0.3) is 6.08 Å². The van der Waals surface area contributed by atoms with E-state index in [1.54, 1.807) is 11.9 Å². The molecule has 32 heavy (non-hydrogen) atoms. The van der Waals surface area contributed by atoms with Crippen LogP contribution in [0.5, 0.6) is 0 Å². The third-order valence-electron chi connectivity index (χ3n) is 6.43. The molecule has 0 aromatic heterocycles. The Morgan fingerprint density at radius 1 is 1.06 bits per heavy atom. The maximum Gasteiger partial charge on any atom is 0.328 e. The van der Waals surface area contributed by atoms with Gasteiger partial charge in [-0.15, -0.1) is 0 Å². The standard InChI is InChI=1S/C24H26ClN5O2/c1-27-21-20(22(31)30(24(27)32)14-5-9-17-7-3-2-4-8-17)29-16-6-15-28(23(29)26-21)19-12-10-18(25)11-13-19/h2-5,7-13,20-21,23,26H,6,14-16H2,1H3/b9-5+. The summed E-state index contributed by atoms with van der Waals surface area (Å²) in [5.41, 5.74) is 2.08. The number of nitrogens with one attached hydrogen (secondary N) is 1. The summed E-state index contributed by atoms with van der Waals surface area (Å²) < 4.78 is 0. The van der Waals surface area contributed by atoms with Crippen molar-refractivity contribution in [2.75, 3.05) is 31.6 Å². The zero-order valence-corrected chi connectivity index (χ0v) is 18.7. The van der Waals surface area contributed by atoms with Crippen LogP contribution in [0.1, 0.15) is 12.0 Å². The number of amides is 3. The minimum absolute atomic E-state index is 0.149. The molecule has 3 heterocycles. The molecule has 2 aromatic rings. The molecule has 8 heteroatoms. The fraction of sp³-hybridized carbons (Fsp3) is 0.333. The van der Waals surface area contributed by atoms with E-state index in [-0.39, 0.29) is 30.9 Å². The maximum atomic E-state index is 13.5. The molecule has 3 amide bonds. The topological polar surface area (TPSA) is 59.1 Å². The van der Waals surface area contributed by atoms with Crippen molar-refractivity contribution in [1.29, 1.82) is 0 Å². The monoisotopic (exact) mass is 451 g/mol. The molecule has 1 N–H and O–H groups in total. The molecule has 3 fully saturated rings. The molecule has 0 aliphatic carbocycles. The molecular weight excluding hydrogens is 426 g/mol. The van der Waals surface area contributed by atoms with Crippen molar-refractivity contribution in [3.63, 3.8) is 0 Å². The zero-order chi connectivity index (χ0) is 22.2. The lowest BCUT2D eigenvalue weighted by atomic mass is 10.1. The minimum Gasteiger partial charge on any atom is -0.343 e. The molecule has 0 radical (unpaired) electrons. The highest BCUT2D eigenvalue weighted by Gasteiger charge is 2.55. The van der Waals surface area contributed by atoms with Crippen LogP contribution in [0.4, 0.5) is 10.5 Å². The van der Waals surface area contributed by atoms with E-state index in [0.29, 0.717) is 5.02 Å². The Labute approximate surface area is 192 Å². The van der Waals surface area contributed by atoms with Crippen molar-refractivity contribution < 1.29 is 9.59 Å². The number of urea groups is 1. The van der Waals surface area contributed by atoms with Crippen LogP contribution in [-0.4, -0.2) is 71.8 Å². The van der Waals surface area contributed by atoms with E-state index in [4.69, 9.17) is 11.6 Å². The Hall–Kier alpha value is -2.87. The number of fused-ring (bicyclic) bond motifs is 3. The van der Waals surface area contributed by atoms with Gasteiger partial charge in [0.1, 0.15) is 18.5 Å². The highest BCUT2D eigenvalue weighted by Crippen LogP contribution is 2.33. The van der Waals surface area contributed by atoms with Crippen LogP contribution in [0.15, 0.2) is 60.7 Å². The van der Waals surface area contributed by atoms with E-state index in [9.17, 15) is 9.59 Å². The number of anilines is 1. The molecule has 3 unspecified atom stereocenters. The van der Waals surface area contributed by atoms with Gasteiger partial charge < -0.3 is 9.80 Å². The summed E-state index contributed by atoms with van der Waals surface area (Å²) in [6.07, 6.45) is 4.23. The van der Waals surface area contributed by atoms with Crippen molar-refractivity contribution >= 4 is 35.3 Å². The lowest BCUT2D eigenvalue weighted by Gasteiger charge is -2.43. The number of carbonyl (C=O) groups is 2. The van der Waals surface area contributed by atoms with Gasteiger partial charge >= 0.3 is 6.03 Å². The van der Waals surface area contributed by atoms with Gasteiger partial charge in [0.05, 0.1) is 0 Å². The summed E-state index contributed by atoms with van der Waals surface area (Å²) in [5, 5.41) is 4.22. The molecule has 166 valence electrons. The van der Waals surface area contributed by atoms with Gasteiger partial charge in [0.2, 0.25) is 0 Å². The highest BCUT2D eigenvalue weighted by molar-refractivity contribution is 6.30. The Kier molecular flexibility index (Phi) is 5.63. The van der Waals surface area contributed by atoms with Crippen LogP contribution in [0, 0.1) is 0 Å². The lowest BCUT2D eigenvalue weighted by molar-refractivity contribution is -0.138. The zero-order valence-electron chi connectivity index (χ0n) is 17.9. The van der Waals surface area contributed by atoms with Gasteiger partial charge in [0.25, 0.3) is 5.91 Å². The minimum atomic E-state index is -0.414. The van der Waals surface area contributed by atoms with E-state index >= 15 is 0 Å². The maximum absolute atomic E-state index is 13.5. The number of rotatable bonds is 4. The van der Waals surface area contributed by atoms with Gasteiger partial charge in [-0.2, -0.15) is 0 Å². The summed E-state index contributed by atoms with van der Waals surface area (Å²) >= 11 is 6.07. The third-order valence-corrected chi connectivity index (χ3v) is 6.68.